The van der Waals surface area contributed by atoms with Gasteiger partial charge >= 0.3 is 6.03 Å². The van der Waals surface area contributed by atoms with Crippen LogP contribution in [0.25, 0.3) is 0 Å². The molecule has 26 heavy (non-hydrogen) atoms. The smallest absolute Gasteiger partial charge is 0.317 e. The number of para-hydroxylation sites is 1. The third-order valence-corrected chi connectivity index (χ3v) is 6.02. The maximum absolute atomic E-state index is 12.6. The number of anilines is 1. The zero-order valence-corrected chi connectivity index (χ0v) is 16.5. The number of hydrogen-bond acceptors (Lipinski definition) is 4. The highest BCUT2D eigenvalue weighted by molar-refractivity contribution is 7.12. The van der Waals surface area contributed by atoms with E-state index in [1.54, 1.807) is 16.2 Å². The number of nitrogens with one attached hydrogen (secondary N) is 1. The fourth-order valence-corrected chi connectivity index (χ4v) is 4.09. The van der Waals surface area contributed by atoms with Gasteiger partial charge in [0.25, 0.3) is 0 Å². The summed E-state index contributed by atoms with van der Waals surface area (Å²) in [7, 11) is 1.85. The van der Waals surface area contributed by atoms with Gasteiger partial charge in [-0.15, -0.1) is 11.3 Å². The van der Waals surface area contributed by atoms with Crippen molar-refractivity contribution < 1.29 is 9.53 Å². The van der Waals surface area contributed by atoms with Gasteiger partial charge in [-0.2, -0.15) is 0 Å². The molecule has 1 atom stereocenters. The van der Waals surface area contributed by atoms with Gasteiger partial charge in [0, 0.05) is 42.1 Å². The second-order valence-corrected chi connectivity index (χ2v) is 7.94. The highest BCUT2D eigenvalue weighted by atomic mass is 32.1. The Balaban J connectivity index is 1.62. The van der Waals surface area contributed by atoms with Crippen molar-refractivity contribution in [2.45, 2.75) is 26.4 Å². The van der Waals surface area contributed by atoms with Crippen LogP contribution in [0.3, 0.4) is 0 Å². The Labute approximate surface area is 159 Å². The molecule has 140 valence electrons. The summed E-state index contributed by atoms with van der Waals surface area (Å²) in [4.78, 5) is 19.2. The molecule has 0 aliphatic carbocycles. The van der Waals surface area contributed by atoms with Crippen molar-refractivity contribution in [2.75, 3.05) is 38.3 Å². The van der Waals surface area contributed by atoms with E-state index in [0.29, 0.717) is 6.54 Å². The molecule has 0 radical (unpaired) electrons. The van der Waals surface area contributed by atoms with Crippen molar-refractivity contribution in [1.82, 2.24) is 10.2 Å². The molecule has 5 nitrogen and oxygen atoms in total. The topological polar surface area (TPSA) is 44.8 Å². The van der Waals surface area contributed by atoms with E-state index < -0.39 is 0 Å². The van der Waals surface area contributed by atoms with Gasteiger partial charge in [0.15, 0.2) is 0 Å². The summed E-state index contributed by atoms with van der Waals surface area (Å²) >= 11 is 1.74. The van der Waals surface area contributed by atoms with E-state index in [-0.39, 0.29) is 12.1 Å². The van der Waals surface area contributed by atoms with Crippen molar-refractivity contribution >= 4 is 23.1 Å². The number of ether oxygens (including phenoxy) is 1. The molecule has 1 aromatic carbocycles. The van der Waals surface area contributed by atoms with Crippen LogP contribution in [0.15, 0.2) is 36.4 Å². The van der Waals surface area contributed by atoms with E-state index in [2.05, 4.69) is 48.3 Å². The van der Waals surface area contributed by atoms with Gasteiger partial charge < -0.3 is 19.9 Å². The summed E-state index contributed by atoms with van der Waals surface area (Å²) < 4.78 is 5.44. The first-order valence-electron chi connectivity index (χ1n) is 9.04. The van der Waals surface area contributed by atoms with Gasteiger partial charge in [0.2, 0.25) is 0 Å². The Hall–Kier alpha value is -2.05. The van der Waals surface area contributed by atoms with Crippen molar-refractivity contribution in [3.05, 3.63) is 51.7 Å². The van der Waals surface area contributed by atoms with Gasteiger partial charge in [-0.1, -0.05) is 18.2 Å². The Morgan fingerprint density at radius 1 is 1.27 bits per heavy atom. The molecule has 0 unspecified atom stereocenters. The number of carbonyl (C=O) groups is 1. The number of hydrogen-bond donors (Lipinski definition) is 1. The van der Waals surface area contributed by atoms with Gasteiger partial charge in [-0.25, -0.2) is 4.79 Å². The van der Waals surface area contributed by atoms with Crippen molar-refractivity contribution in [3.63, 3.8) is 0 Å². The zero-order chi connectivity index (χ0) is 18.5. The van der Waals surface area contributed by atoms with E-state index >= 15 is 0 Å². The molecule has 2 heterocycles. The van der Waals surface area contributed by atoms with Crippen LogP contribution in [0.4, 0.5) is 10.5 Å². The Morgan fingerprint density at radius 3 is 2.69 bits per heavy atom. The molecule has 1 fully saturated rings. The van der Waals surface area contributed by atoms with Crippen molar-refractivity contribution in [3.8, 4) is 0 Å². The van der Waals surface area contributed by atoms with Crippen LogP contribution in [0, 0.1) is 6.92 Å². The number of amides is 2. The maximum atomic E-state index is 12.6. The third kappa shape index (κ3) is 4.37. The SMILES string of the molecule is Cc1ccc([C@H](C)N(C)C(=O)NCc2ccccc2N2CCOCC2)s1. The average Bonchev–Trinajstić information content (AvgIpc) is 3.12. The molecule has 0 spiro atoms. The zero-order valence-electron chi connectivity index (χ0n) is 15.7. The molecule has 1 N–H and O–H groups in total. The Bertz CT molecular complexity index is 740. The van der Waals surface area contributed by atoms with Crippen LogP contribution >= 0.6 is 11.3 Å². The fraction of sp³-hybridized carbons (Fsp3) is 0.450. The second-order valence-electron chi connectivity index (χ2n) is 6.62. The highest BCUT2D eigenvalue weighted by Gasteiger charge is 2.19. The van der Waals surface area contributed by atoms with Gasteiger partial charge in [0.1, 0.15) is 0 Å². The Morgan fingerprint density at radius 2 is 2.00 bits per heavy atom. The number of benzene rings is 1. The summed E-state index contributed by atoms with van der Waals surface area (Å²) in [6.45, 7) is 7.95. The molecular formula is C20H27N3O2S. The lowest BCUT2D eigenvalue weighted by molar-refractivity contribution is 0.122. The number of nitrogens with zero attached hydrogens (tertiary/aromatic N) is 2. The first-order valence-corrected chi connectivity index (χ1v) is 9.85. The molecular weight excluding hydrogens is 346 g/mol. The van der Waals surface area contributed by atoms with Crippen molar-refractivity contribution in [2.24, 2.45) is 0 Å². The standard InChI is InChI=1S/C20H27N3O2S/c1-15-8-9-19(26-15)16(2)22(3)20(24)21-14-17-6-4-5-7-18(17)23-10-12-25-13-11-23/h4-9,16H,10-14H2,1-3H3,(H,21,24)/t16-/m0/s1. The lowest BCUT2D eigenvalue weighted by atomic mass is 10.1. The minimum Gasteiger partial charge on any atom is -0.378 e. The van der Waals surface area contributed by atoms with Crippen LogP contribution in [-0.2, 0) is 11.3 Å². The molecule has 1 aliphatic heterocycles. The molecule has 1 aromatic heterocycles. The normalized spacial score (nSPS) is 15.6. The first kappa shape index (κ1) is 18.7. The average molecular weight is 374 g/mol. The van der Waals surface area contributed by atoms with E-state index in [4.69, 9.17) is 4.74 Å². The lowest BCUT2D eigenvalue weighted by Gasteiger charge is -2.31. The largest absolute Gasteiger partial charge is 0.378 e. The summed E-state index contributed by atoms with van der Waals surface area (Å²) in [6.07, 6.45) is 0. The van der Waals surface area contributed by atoms with Crippen LogP contribution in [-0.4, -0.2) is 44.3 Å². The maximum Gasteiger partial charge on any atom is 0.317 e. The number of urea groups is 1. The van der Waals surface area contributed by atoms with Gasteiger partial charge in [0.05, 0.1) is 19.3 Å². The van der Waals surface area contributed by atoms with Crippen LogP contribution in [0.2, 0.25) is 0 Å². The molecule has 6 heteroatoms. The fourth-order valence-electron chi connectivity index (χ4n) is 3.11. The number of thiophene rings is 1. The van der Waals surface area contributed by atoms with E-state index in [9.17, 15) is 4.79 Å². The molecule has 3 rings (SSSR count). The van der Waals surface area contributed by atoms with Crippen LogP contribution in [0.1, 0.15) is 28.3 Å². The van der Waals surface area contributed by atoms with Crippen LogP contribution in [0.5, 0.6) is 0 Å². The summed E-state index contributed by atoms with van der Waals surface area (Å²) in [5.74, 6) is 0. The summed E-state index contributed by atoms with van der Waals surface area (Å²) in [6, 6.07) is 12.5. The number of carbonyl (C=O) groups excluding carboxylic acids is 1. The van der Waals surface area contributed by atoms with E-state index in [1.165, 1.54) is 15.4 Å². The minimum absolute atomic E-state index is 0.0552. The monoisotopic (exact) mass is 373 g/mol. The summed E-state index contributed by atoms with van der Waals surface area (Å²) in [5.41, 5.74) is 2.32. The minimum atomic E-state index is -0.0552. The number of morpholine rings is 1. The van der Waals surface area contributed by atoms with E-state index in [1.807, 2.05) is 19.2 Å². The summed E-state index contributed by atoms with van der Waals surface area (Å²) in [5, 5.41) is 3.07. The molecule has 0 saturated carbocycles. The molecule has 1 aliphatic rings. The van der Waals surface area contributed by atoms with Gasteiger partial charge in [-0.05, 0) is 37.6 Å². The van der Waals surface area contributed by atoms with Crippen molar-refractivity contribution in [1.29, 1.82) is 0 Å². The number of aryl methyl sites for hydroxylation is 1. The molecule has 2 amide bonds. The van der Waals surface area contributed by atoms with E-state index in [0.717, 1.165) is 31.9 Å². The van der Waals surface area contributed by atoms with Gasteiger partial charge in [-0.3, -0.25) is 0 Å². The predicted octanol–water partition coefficient (Wildman–Crippen LogP) is 3.80. The quantitative estimate of drug-likeness (QED) is 0.867. The first-order chi connectivity index (χ1) is 12.6. The highest BCUT2D eigenvalue weighted by Crippen LogP contribution is 2.26. The Kier molecular flexibility index (Phi) is 6.16. The predicted molar refractivity (Wildman–Crippen MR) is 107 cm³/mol. The second kappa shape index (κ2) is 8.56. The molecule has 1 saturated heterocycles. The molecule has 2 aromatic rings. The number of rotatable bonds is 5. The lowest BCUT2D eigenvalue weighted by Crippen LogP contribution is -2.39. The third-order valence-electron chi connectivity index (χ3n) is 4.85. The van der Waals surface area contributed by atoms with Crippen LogP contribution < -0.4 is 10.2 Å². The molecule has 0 bridgehead atoms.